The average molecular weight is 329 g/mol. The minimum Gasteiger partial charge on any atom is -0.496 e. The molecule has 3 amide bonds. The molecule has 0 unspecified atom stereocenters. The van der Waals surface area contributed by atoms with Crippen LogP contribution in [0.2, 0.25) is 0 Å². The normalized spacial score (nSPS) is 15.3. The Bertz CT molecular complexity index is 883. The summed E-state index contributed by atoms with van der Waals surface area (Å²) in [5.74, 6) is 0.463. The highest BCUT2D eigenvalue weighted by Gasteiger charge is 2.23. The van der Waals surface area contributed by atoms with Gasteiger partial charge in [0.05, 0.1) is 17.6 Å². The number of rotatable bonds is 4. The van der Waals surface area contributed by atoms with E-state index in [1.165, 1.54) is 31.4 Å². The number of carbonyl (C=O) groups excluding carboxylic acids is 2. The Morgan fingerprint density at radius 3 is 2.62 bits per heavy atom. The third-order valence-corrected chi connectivity index (χ3v) is 3.29. The molecule has 9 nitrogen and oxygen atoms in total. The number of methoxy groups -OCH3 is 1. The van der Waals surface area contributed by atoms with Gasteiger partial charge < -0.3 is 14.5 Å². The van der Waals surface area contributed by atoms with E-state index in [4.69, 9.17) is 9.15 Å². The van der Waals surface area contributed by atoms with Crippen molar-refractivity contribution in [1.82, 2.24) is 10.6 Å². The molecule has 2 N–H and O–H groups in total. The van der Waals surface area contributed by atoms with Crippen molar-refractivity contribution >= 4 is 23.7 Å². The number of urea groups is 1. The monoisotopic (exact) mass is 329 g/mol. The highest BCUT2D eigenvalue weighted by atomic mass is 16.6. The summed E-state index contributed by atoms with van der Waals surface area (Å²) >= 11 is 0. The van der Waals surface area contributed by atoms with Crippen LogP contribution in [0.5, 0.6) is 5.75 Å². The Labute approximate surface area is 135 Å². The second-order valence-electron chi connectivity index (χ2n) is 4.81. The molecule has 2 heterocycles. The van der Waals surface area contributed by atoms with E-state index >= 15 is 0 Å². The first-order valence-corrected chi connectivity index (χ1v) is 6.74. The van der Waals surface area contributed by atoms with Crippen LogP contribution in [0.15, 0.2) is 40.4 Å². The van der Waals surface area contributed by atoms with Gasteiger partial charge in [-0.2, -0.15) is 0 Å². The molecule has 9 heteroatoms. The lowest BCUT2D eigenvalue weighted by molar-refractivity contribution is -0.384. The molecule has 1 aliphatic heterocycles. The maximum Gasteiger partial charge on any atom is 0.326 e. The lowest BCUT2D eigenvalue weighted by atomic mass is 10.1. The van der Waals surface area contributed by atoms with Gasteiger partial charge in [-0.1, -0.05) is 0 Å². The molecule has 1 aromatic carbocycles. The van der Waals surface area contributed by atoms with E-state index in [0.717, 1.165) is 0 Å². The fraction of sp³-hybridized carbons (Fsp3) is 0.0667. The number of benzene rings is 1. The zero-order valence-corrected chi connectivity index (χ0v) is 12.4. The Kier molecular flexibility index (Phi) is 3.74. The van der Waals surface area contributed by atoms with Crippen molar-refractivity contribution in [3.63, 3.8) is 0 Å². The highest BCUT2D eigenvalue weighted by Crippen LogP contribution is 2.34. The molecule has 1 saturated heterocycles. The highest BCUT2D eigenvalue weighted by molar-refractivity contribution is 6.13. The second kappa shape index (κ2) is 5.88. The van der Waals surface area contributed by atoms with E-state index < -0.39 is 16.9 Å². The van der Waals surface area contributed by atoms with E-state index in [0.29, 0.717) is 22.8 Å². The minimum atomic E-state index is -0.613. The van der Waals surface area contributed by atoms with E-state index in [1.54, 1.807) is 12.1 Å². The first kappa shape index (κ1) is 15.3. The molecule has 0 atom stereocenters. The smallest absolute Gasteiger partial charge is 0.326 e. The van der Waals surface area contributed by atoms with Crippen LogP contribution in [0.25, 0.3) is 17.4 Å². The summed E-state index contributed by atoms with van der Waals surface area (Å²) in [5, 5.41) is 15.3. The van der Waals surface area contributed by atoms with Crippen LogP contribution in [-0.2, 0) is 4.79 Å². The van der Waals surface area contributed by atoms with Crippen LogP contribution in [0, 0.1) is 10.1 Å². The number of non-ortho nitro benzene ring substituents is 1. The SMILES string of the molecule is COc1ccc([N+](=O)[O-])cc1-c1ccc(/C=C2/NC(=O)NC2=O)o1. The van der Waals surface area contributed by atoms with Crippen LogP contribution >= 0.6 is 0 Å². The summed E-state index contributed by atoms with van der Waals surface area (Å²) in [5.41, 5.74) is 0.340. The molecule has 0 saturated carbocycles. The Hall–Kier alpha value is -3.62. The van der Waals surface area contributed by atoms with Crippen LogP contribution < -0.4 is 15.4 Å². The molecular weight excluding hydrogens is 318 g/mol. The first-order valence-electron chi connectivity index (χ1n) is 6.74. The van der Waals surface area contributed by atoms with Crippen molar-refractivity contribution in [3.8, 4) is 17.1 Å². The van der Waals surface area contributed by atoms with Crippen LogP contribution in [0.4, 0.5) is 10.5 Å². The molecule has 1 aromatic heterocycles. The third-order valence-electron chi connectivity index (χ3n) is 3.29. The zero-order valence-electron chi connectivity index (χ0n) is 12.4. The number of hydrogen-bond acceptors (Lipinski definition) is 6. The molecule has 1 fully saturated rings. The molecule has 0 spiro atoms. The third kappa shape index (κ3) is 2.82. The van der Waals surface area contributed by atoms with Crippen LogP contribution in [0.1, 0.15) is 5.76 Å². The number of amides is 3. The molecule has 0 radical (unpaired) electrons. The summed E-state index contributed by atoms with van der Waals surface area (Å²) in [4.78, 5) is 33.0. The number of carbonyl (C=O) groups is 2. The van der Waals surface area contributed by atoms with Gasteiger partial charge in [-0.05, 0) is 18.2 Å². The van der Waals surface area contributed by atoms with Gasteiger partial charge in [0, 0.05) is 18.2 Å². The Morgan fingerprint density at radius 2 is 2.00 bits per heavy atom. The summed E-state index contributed by atoms with van der Waals surface area (Å²) in [6, 6.07) is 6.67. The van der Waals surface area contributed by atoms with Gasteiger partial charge in [0.25, 0.3) is 11.6 Å². The summed E-state index contributed by atoms with van der Waals surface area (Å²) < 4.78 is 10.8. The summed E-state index contributed by atoms with van der Waals surface area (Å²) in [6.45, 7) is 0. The molecule has 122 valence electrons. The molecular formula is C15H11N3O6. The number of hydrogen-bond donors (Lipinski definition) is 2. The van der Waals surface area contributed by atoms with Gasteiger partial charge in [0.15, 0.2) is 0 Å². The largest absolute Gasteiger partial charge is 0.496 e. The molecule has 0 aliphatic carbocycles. The quantitative estimate of drug-likeness (QED) is 0.383. The zero-order chi connectivity index (χ0) is 17.3. The standard InChI is InChI=1S/C15H11N3O6/c1-23-12-4-2-8(18(21)22)6-10(12)13-5-3-9(24-13)7-11-14(19)17-15(20)16-11/h2-7H,1H3,(H2,16,17,19,20)/b11-7+. The lowest BCUT2D eigenvalue weighted by Crippen LogP contribution is -2.22. The van der Waals surface area contributed by atoms with E-state index in [2.05, 4.69) is 10.6 Å². The lowest BCUT2D eigenvalue weighted by Gasteiger charge is -2.05. The topological polar surface area (TPSA) is 124 Å². The van der Waals surface area contributed by atoms with E-state index in [9.17, 15) is 19.7 Å². The number of nitro groups is 1. The van der Waals surface area contributed by atoms with Crippen molar-refractivity contribution in [2.45, 2.75) is 0 Å². The summed E-state index contributed by atoms with van der Waals surface area (Å²) in [6.07, 6.45) is 1.35. The van der Waals surface area contributed by atoms with Crippen molar-refractivity contribution in [2.24, 2.45) is 0 Å². The van der Waals surface area contributed by atoms with Crippen LogP contribution in [0.3, 0.4) is 0 Å². The predicted octanol–water partition coefficient (Wildman–Crippen LogP) is 2.04. The fourth-order valence-electron chi connectivity index (χ4n) is 2.20. The predicted molar refractivity (Wildman–Crippen MR) is 82.0 cm³/mol. The number of nitrogens with zero attached hydrogens (tertiary/aromatic N) is 1. The minimum absolute atomic E-state index is 0.0481. The van der Waals surface area contributed by atoms with Crippen molar-refractivity contribution in [3.05, 3.63) is 51.9 Å². The molecule has 24 heavy (non-hydrogen) atoms. The molecule has 1 aliphatic rings. The van der Waals surface area contributed by atoms with Crippen LogP contribution in [-0.4, -0.2) is 24.0 Å². The van der Waals surface area contributed by atoms with Gasteiger partial charge in [-0.3, -0.25) is 20.2 Å². The molecule has 3 rings (SSSR count). The van der Waals surface area contributed by atoms with Crippen molar-refractivity contribution in [1.29, 1.82) is 0 Å². The molecule has 0 bridgehead atoms. The maximum absolute atomic E-state index is 11.5. The number of nitro benzene ring substituents is 1. The van der Waals surface area contributed by atoms with E-state index in [-0.39, 0.29) is 11.4 Å². The van der Waals surface area contributed by atoms with Gasteiger partial charge in [0.1, 0.15) is 23.0 Å². The first-order chi connectivity index (χ1) is 11.5. The average Bonchev–Trinajstić information content (AvgIpc) is 3.13. The Balaban J connectivity index is 1.97. The maximum atomic E-state index is 11.5. The fourth-order valence-corrected chi connectivity index (χ4v) is 2.20. The van der Waals surface area contributed by atoms with Gasteiger partial charge in [-0.15, -0.1) is 0 Å². The number of nitrogens with one attached hydrogen (secondary N) is 2. The number of ether oxygens (including phenoxy) is 1. The number of imide groups is 1. The Morgan fingerprint density at radius 1 is 1.21 bits per heavy atom. The second-order valence-corrected chi connectivity index (χ2v) is 4.81. The van der Waals surface area contributed by atoms with E-state index in [1.807, 2.05) is 0 Å². The van der Waals surface area contributed by atoms with Crippen molar-refractivity contribution in [2.75, 3.05) is 7.11 Å². The molecule has 2 aromatic rings. The van der Waals surface area contributed by atoms with Gasteiger partial charge in [0.2, 0.25) is 0 Å². The number of furan rings is 1. The van der Waals surface area contributed by atoms with Gasteiger partial charge in [-0.25, -0.2) is 4.79 Å². The van der Waals surface area contributed by atoms with Crippen molar-refractivity contribution < 1.29 is 23.7 Å². The van der Waals surface area contributed by atoms with Gasteiger partial charge >= 0.3 is 6.03 Å². The summed E-state index contributed by atoms with van der Waals surface area (Å²) in [7, 11) is 1.44.